The van der Waals surface area contributed by atoms with Crippen molar-refractivity contribution in [1.82, 2.24) is 9.97 Å². The molecule has 2 aromatic rings. The third kappa shape index (κ3) is 4.29. The van der Waals surface area contributed by atoms with E-state index >= 15 is 0 Å². The minimum Gasteiger partial charge on any atom is -0.328 e. The van der Waals surface area contributed by atoms with E-state index in [4.69, 9.17) is 5.73 Å². The molecule has 0 saturated heterocycles. The van der Waals surface area contributed by atoms with Gasteiger partial charge in [0.2, 0.25) is 5.91 Å². The first-order valence-electron chi connectivity index (χ1n) is 7.49. The molecule has 3 N–H and O–H groups in total. The Morgan fingerprint density at radius 1 is 1.35 bits per heavy atom. The Bertz CT molecular complexity index is 685. The number of thiazole rings is 2. The van der Waals surface area contributed by atoms with Crippen molar-refractivity contribution in [2.45, 2.75) is 45.6 Å². The Balaban J connectivity index is 0.00000192. The van der Waals surface area contributed by atoms with Gasteiger partial charge in [-0.25, -0.2) is 9.97 Å². The zero-order valence-corrected chi connectivity index (χ0v) is 15.6. The van der Waals surface area contributed by atoms with Crippen molar-refractivity contribution < 1.29 is 4.79 Å². The third-order valence-electron chi connectivity index (χ3n) is 3.96. The molecule has 2 aromatic heterocycles. The first kappa shape index (κ1) is 18.3. The molecule has 0 aromatic carbocycles. The molecule has 0 spiro atoms. The Labute approximate surface area is 150 Å². The van der Waals surface area contributed by atoms with Crippen molar-refractivity contribution in [3.8, 4) is 10.6 Å². The number of rotatable bonds is 3. The standard InChI is InChI=1S/C15H20N4OS2.ClH/c1-8-13(22-9(2)17-8)12-7-21-15(18-12)19-14(20)10-4-3-5-11(16)6-10;/h7,10-11H,3-6,16H2,1-2H3,(H,18,19,20);1H. The van der Waals surface area contributed by atoms with Crippen LogP contribution in [0.25, 0.3) is 10.6 Å². The molecule has 0 radical (unpaired) electrons. The molecule has 1 saturated carbocycles. The molecule has 2 atom stereocenters. The van der Waals surface area contributed by atoms with Gasteiger partial charge in [0.15, 0.2) is 5.13 Å². The van der Waals surface area contributed by atoms with Gasteiger partial charge in [0.05, 0.1) is 21.3 Å². The molecule has 1 fully saturated rings. The van der Waals surface area contributed by atoms with Crippen LogP contribution in [0.3, 0.4) is 0 Å². The second-order valence-electron chi connectivity index (χ2n) is 5.80. The third-order valence-corrected chi connectivity index (χ3v) is 5.81. The molecule has 8 heteroatoms. The number of amides is 1. The maximum atomic E-state index is 12.3. The number of carbonyl (C=O) groups is 1. The van der Waals surface area contributed by atoms with E-state index in [9.17, 15) is 4.79 Å². The maximum absolute atomic E-state index is 12.3. The van der Waals surface area contributed by atoms with Crippen LogP contribution in [0.15, 0.2) is 5.38 Å². The van der Waals surface area contributed by atoms with E-state index in [1.54, 1.807) is 11.3 Å². The first-order valence-corrected chi connectivity index (χ1v) is 9.19. The van der Waals surface area contributed by atoms with E-state index in [-0.39, 0.29) is 30.3 Å². The zero-order valence-electron chi connectivity index (χ0n) is 13.2. The van der Waals surface area contributed by atoms with Gasteiger partial charge in [0.1, 0.15) is 0 Å². The van der Waals surface area contributed by atoms with Crippen LogP contribution in [0.1, 0.15) is 36.4 Å². The van der Waals surface area contributed by atoms with Crippen LogP contribution in [0, 0.1) is 19.8 Å². The number of nitrogens with one attached hydrogen (secondary N) is 1. The van der Waals surface area contributed by atoms with Gasteiger partial charge in [-0.05, 0) is 33.1 Å². The molecule has 1 aliphatic rings. The number of aryl methyl sites for hydroxylation is 2. The second kappa shape index (κ2) is 7.70. The van der Waals surface area contributed by atoms with E-state index in [2.05, 4.69) is 15.3 Å². The minimum atomic E-state index is 0. The second-order valence-corrected chi connectivity index (χ2v) is 7.86. The monoisotopic (exact) mass is 372 g/mol. The summed E-state index contributed by atoms with van der Waals surface area (Å²) in [7, 11) is 0. The van der Waals surface area contributed by atoms with Crippen molar-refractivity contribution >= 4 is 46.1 Å². The van der Waals surface area contributed by atoms with E-state index in [0.717, 1.165) is 47.0 Å². The van der Waals surface area contributed by atoms with Crippen LogP contribution in [0.5, 0.6) is 0 Å². The molecule has 5 nitrogen and oxygen atoms in total. The number of nitrogens with zero attached hydrogens (tertiary/aromatic N) is 2. The predicted molar refractivity (Wildman–Crippen MR) is 98.5 cm³/mol. The summed E-state index contributed by atoms with van der Waals surface area (Å²) >= 11 is 3.09. The van der Waals surface area contributed by atoms with Crippen LogP contribution >= 0.6 is 35.1 Å². The predicted octanol–water partition coefficient (Wildman–Crippen LogP) is 3.76. The van der Waals surface area contributed by atoms with Gasteiger partial charge in [0.25, 0.3) is 0 Å². The fourth-order valence-electron chi connectivity index (χ4n) is 2.88. The van der Waals surface area contributed by atoms with Crippen LogP contribution in [0.4, 0.5) is 5.13 Å². The first-order chi connectivity index (χ1) is 10.5. The van der Waals surface area contributed by atoms with Gasteiger partial charge in [0, 0.05) is 17.3 Å². The molecule has 23 heavy (non-hydrogen) atoms. The smallest absolute Gasteiger partial charge is 0.229 e. The number of halogens is 1. The van der Waals surface area contributed by atoms with Gasteiger partial charge in [-0.3, -0.25) is 4.79 Å². The topological polar surface area (TPSA) is 80.9 Å². The number of anilines is 1. The van der Waals surface area contributed by atoms with Crippen molar-refractivity contribution in [2.24, 2.45) is 11.7 Å². The fraction of sp³-hybridized carbons (Fsp3) is 0.533. The van der Waals surface area contributed by atoms with Gasteiger partial charge in [-0.15, -0.1) is 35.1 Å². The largest absolute Gasteiger partial charge is 0.328 e. The molecular formula is C15H21ClN4OS2. The number of nitrogens with two attached hydrogens (primary N) is 1. The molecule has 3 rings (SSSR count). The average Bonchev–Trinajstić information content (AvgIpc) is 3.05. The molecule has 126 valence electrons. The summed E-state index contributed by atoms with van der Waals surface area (Å²) < 4.78 is 0. The molecule has 1 amide bonds. The Hall–Kier alpha value is -1.02. The maximum Gasteiger partial charge on any atom is 0.229 e. The highest BCUT2D eigenvalue weighted by Crippen LogP contribution is 2.32. The normalized spacial score (nSPS) is 20.8. The Kier molecular flexibility index (Phi) is 6.13. The molecule has 0 bridgehead atoms. The molecule has 2 unspecified atom stereocenters. The summed E-state index contributed by atoms with van der Waals surface area (Å²) in [5.74, 6) is 0.0664. The van der Waals surface area contributed by atoms with E-state index in [0.29, 0.717) is 5.13 Å². The van der Waals surface area contributed by atoms with Crippen molar-refractivity contribution in [3.05, 3.63) is 16.1 Å². The Morgan fingerprint density at radius 3 is 2.78 bits per heavy atom. The van der Waals surface area contributed by atoms with Crippen LogP contribution in [0.2, 0.25) is 0 Å². The van der Waals surface area contributed by atoms with Crippen molar-refractivity contribution in [1.29, 1.82) is 0 Å². The van der Waals surface area contributed by atoms with Crippen molar-refractivity contribution in [3.63, 3.8) is 0 Å². The van der Waals surface area contributed by atoms with E-state index in [1.807, 2.05) is 19.2 Å². The summed E-state index contributed by atoms with van der Waals surface area (Å²) in [5, 5.41) is 6.61. The molecular weight excluding hydrogens is 352 g/mol. The lowest BCUT2D eigenvalue weighted by Crippen LogP contribution is -2.34. The number of carbonyl (C=O) groups excluding carboxylic acids is 1. The van der Waals surface area contributed by atoms with E-state index in [1.165, 1.54) is 11.3 Å². The fourth-order valence-corrected chi connectivity index (χ4v) is 4.54. The summed E-state index contributed by atoms with van der Waals surface area (Å²) in [6, 6.07) is 0.152. The van der Waals surface area contributed by atoms with Crippen molar-refractivity contribution in [2.75, 3.05) is 5.32 Å². The molecule has 1 aliphatic carbocycles. The number of hydrogen-bond donors (Lipinski definition) is 2. The lowest BCUT2D eigenvalue weighted by atomic mass is 9.86. The molecule has 2 heterocycles. The molecule has 0 aliphatic heterocycles. The number of hydrogen-bond acceptors (Lipinski definition) is 6. The average molecular weight is 373 g/mol. The SMILES string of the molecule is Cc1nc(C)c(-c2csc(NC(=O)C3CCCC(N)C3)n2)s1.Cl. The quantitative estimate of drug-likeness (QED) is 0.859. The number of aromatic nitrogens is 2. The van der Waals surface area contributed by atoms with Gasteiger partial charge < -0.3 is 11.1 Å². The highest BCUT2D eigenvalue weighted by Gasteiger charge is 2.26. The summed E-state index contributed by atoms with van der Waals surface area (Å²) in [4.78, 5) is 22.4. The summed E-state index contributed by atoms with van der Waals surface area (Å²) in [5.41, 5.74) is 7.84. The van der Waals surface area contributed by atoms with Gasteiger partial charge in [-0.1, -0.05) is 6.42 Å². The van der Waals surface area contributed by atoms with E-state index < -0.39 is 0 Å². The highest BCUT2D eigenvalue weighted by atomic mass is 35.5. The zero-order chi connectivity index (χ0) is 15.7. The lowest BCUT2D eigenvalue weighted by molar-refractivity contribution is -0.120. The lowest BCUT2D eigenvalue weighted by Gasteiger charge is -2.25. The minimum absolute atomic E-state index is 0. The van der Waals surface area contributed by atoms with Crippen LogP contribution in [-0.4, -0.2) is 21.9 Å². The highest BCUT2D eigenvalue weighted by molar-refractivity contribution is 7.16. The van der Waals surface area contributed by atoms with Crippen LogP contribution in [-0.2, 0) is 4.79 Å². The summed E-state index contributed by atoms with van der Waals surface area (Å²) in [6.07, 6.45) is 3.75. The Morgan fingerprint density at radius 2 is 2.13 bits per heavy atom. The van der Waals surface area contributed by atoms with Crippen LogP contribution < -0.4 is 11.1 Å². The van der Waals surface area contributed by atoms with Gasteiger partial charge >= 0.3 is 0 Å². The van der Waals surface area contributed by atoms with Gasteiger partial charge in [-0.2, -0.15) is 0 Å². The summed E-state index contributed by atoms with van der Waals surface area (Å²) in [6.45, 7) is 3.97.